The van der Waals surface area contributed by atoms with E-state index in [4.69, 9.17) is 11.6 Å². The van der Waals surface area contributed by atoms with Crippen LogP contribution < -0.4 is 5.32 Å². The summed E-state index contributed by atoms with van der Waals surface area (Å²) in [5.41, 5.74) is -6.02. The van der Waals surface area contributed by atoms with Crippen LogP contribution in [0.2, 0.25) is 5.02 Å². The van der Waals surface area contributed by atoms with Gasteiger partial charge in [0.05, 0.1) is 10.7 Å². The van der Waals surface area contributed by atoms with Gasteiger partial charge in [0.1, 0.15) is 4.90 Å². The fourth-order valence-electron chi connectivity index (χ4n) is 1.40. The summed E-state index contributed by atoms with van der Waals surface area (Å²) in [7, 11) is -5.59. The third-order valence-corrected chi connectivity index (χ3v) is 4.15. The highest BCUT2D eigenvalue weighted by atomic mass is 35.5. The molecule has 0 radical (unpaired) electrons. The number of carbonyl (C=O) groups excluding carboxylic acids is 1. The predicted molar refractivity (Wildman–Crippen MR) is 68.2 cm³/mol. The van der Waals surface area contributed by atoms with Crippen molar-refractivity contribution in [3.8, 4) is 0 Å². The first kappa shape index (κ1) is 16.8. The second-order valence-corrected chi connectivity index (χ2v) is 6.18. The predicted octanol–water partition coefficient (Wildman–Crippen LogP) is 3.37. The van der Waals surface area contributed by atoms with E-state index in [-0.39, 0.29) is 11.4 Å². The molecule has 1 rings (SSSR count). The molecule has 0 saturated heterocycles. The second kappa shape index (κ2) is 6.01. The van der Waals surface area contributed by atoms with E-state index in [1.807, 2.05) is 0 Å². The van der Waals surface area contributed by atoms with Gasteiger partial charge in [0, 0.05) is 6.42 Å². The van der Waals surface area contributed by atoms with Crippen molar-refractivity contribution in [1.82, 2.24) is 0 Å². The zero-order valence-electron chi connectivity index (χ0n) is 10.3. The molecule has 9 heteroatoms. The van der Waals surface area contributed by atoms with Crippen LogP contribution in [0.15, 0.2) is 23.1 Å². The minimum absolute atomic E-state index is 0.0384. The zero-order valence-corrected chi connectivity index (χ0v) is 11.9. The van der Waals surface area contributed by atoms with Crippen molar-refractivity contribution >= 4 is 33.0 Å². The summed E-state index contributed by atoms with van der Waals surface area (Å²) >= 11 is 5.68. The van der Waals surface area contributed by atoms with Crippen LogP contribution in [0.1, 0.15) is 19.8 Å². The number of alkyl halides is 3. The van der Waals surface area contributed by atoms with E-state index in [0.717, 1.165) is 12.1 Å². The number of halogens is 4. The molecule has 0 fully saturated rings. The molecule has 1 aromatic carbocycles. The number of benzene rings is 1. The van der Waals surface area contributed by atoms with Gasteiger partial charge in [-0.05, 0) is 18.6 Å². The maximum absolute atomic E-state index is 12.6. The summed E-state index contributed by atoms with van der Waals surface area (Å²) < 4.78 is 60.6. The Kier molecular flexibility index (Phi) is 5.04. The molecular formula is C11H11ClF3NO3S. The van der Waals surface area contributed by atoms with Gasteiger partial charge in [-0.25, -0.2) is 8.42 Å². The van der Waals surface area contributed by atoms with E-state index < -0.39 is 31.8 Å². The molecule has 0 atom stereocenters. The molecule has 0 aliphatic heterocycles. The molecule has 1 aromatic rings. The number of nitrogens with one attached hydrogen (secondary N) is 1. The summed E-state index contributed by atoms with van der Waals surface area (Å²) in [5, 5.41) is 1.83. The highest BCUT2D eigenvalue weighted by molar-refractivity contribution is 7.92. The van der Waals surface area contributed by atoms with Crippen molar-refractivity contribution in [2.45, 2.75) is 30.2 Å². The quantitative estimate of drug-likeness (QED) is 0.921. The number of carbonyl (C=O) groups is 1. The minimum Gasteiger partial charge on any atom is -0.324 e. The Bertz CT molecular complexity index is 614. The maximum Gasteiger partial charge on any atom is 0.501 e. The standard InChI is InChI=1S/C11H11ClF3NO3S/c1-2-4-9(17)16-10-7(12)5-3-6-8(10)20(18,19)11(13,14)15/h3,5-6H,2,4H2,1H3,(H,16,17). The van der Waals surface area contributed by atoms with Crippen LogP contribution in [0.25, 0.3) is 0 Å². The number of sulfone groups is 1. The smallest absolute Gasteiger partial charge is 0.324 e. The Balaban J connectivity index is 3.36. The fourth-order valence-corrected chi connectivity index (χ4v) is 2.62. The molecule has 20 heavy (non-hydrogen) atoms. The molecule has 0 aromatic heterocycles. The number of amides is 1. The highest BCUT2D eigenvalue weighted by Crippen LogP contribution is 2.37. The molecule has 0 heterocycles. The van der Waals surface area contributed by atoms with Gasteiger partial charge in [-0.1, -0.05) is 24.6 Å². The van der Waals surface area contributed by atoms with Crippen molar-refractivity contribution in [1.29, 1.82) is 0 Å². The van der Waals surface area contributed by atoms with E-state index in [0.29, 0.717) is 6.42 Å². The van der Waals surface area contributed by atoms with Gasteiger partial charge in [0.2, 0.25) is 5.91 Å². The summed E-state index contributed by atoms with van der Waals surface area (Å²) in [5.74, 6) is -0.612. The lowest BCUT2D eigenvalue weighted by Gasteiger charge is -2.14. The third-order valence-electron chi connectivity index (χ3n) is 2.31. The van der Waals surface area contributed by atoms with Crippen LogP contribution >= 0.6 is 11.6 Å². The van der Waals surface area contributed by atoms with Crippen molar-refractivity contribution in [3.63, 3.8) is 0 Å². The Morgan fingerprint density at radius 2 is 1.95 bits per heavy atom. The summed E-state index contributed by atoms with van der Waals surface area (Å²) in [4.78, 5) is 10.4. The van der Waals surface area contributed by atoms with Crippen LogP contribution in [-0.4, -0.2) is 19.8 Å². The second-order valence-electron chi connectivity index (χ2n) is 3.86. The molecule has 4 nitrogen and oxygen atoms in total. The lowest BCUT2D eigenvalue weighted by molar-refractivity contribution is -0.116. The molecule has 1 amide bonds. The normalized spacial score (nSPS) is 12.2. The van der Waals surface area contributed by atoms with Crippen LogP contribution in [0.3, 0.4) is 0 Å². The number of rotatable bonds is 4. The zero-order chi connectivity index (χ0) is 15.6. The molecule has 112 valence electrons. The SMILES string of the molecule is CCCC(=O)Nc1c(Cl)cccc1S(=O)(=O)C(F)(F)F. The first-order valence-corrected chi connectivity index (χ1v) is 7.37. The topological polar surface area (TPSA) is 63.2 Å². The Hall–Kier alpha value is -1.28. The lowest BCUT2D eigenvalue weighted by Crippen LogP contribution is -2.25. The largest absolute Gasteiger partial charge is 0.501 e. The molecule has 0 aliphatic carbocycles. The molecular weight excluding hydrogens is 319 g/mol. The van der Waals surface area contributed by atoms with Gasteiger partial charge in [0.25, 0.3) is 9.84 Å². The van der Waals surface area contributed by atoms with Crippen molar-refractivity contribution in [3.05, 3.63) is 23.2 Å². The molecule has 0 saturated carbocycles. The first-order chi connectivity index (χ1) is 9.11. The van der Waals surface area contributed by atoms with Crippen molar-refractivity contribution in [2.75, 3.05) is 5.32 Å². The van der Waals surface area contributed by atoms with Gasteiger partial charge in [0.15, 0.2) is 0 Å². The van der Waals surface area contributed by atoms with E-state index >= 15 is 0 Å². The highest BCUT2D eigenvalue weighted by Gasteiger charge is 2.48. The lowest BCUT2D eigenvalue weighted by atomic mass is 10.3. The Labute approximate surface area is 118 Å². The fraction of sp³-hybridized carbons (Fsp3) is 0.364. The summed E-state index contributed by atoms with van der Waals surface area (Å²) in [6.45, 7) is 1.69. The number of hydrogen-bond donors (Lipinski definition) is 1. The minimum atomic E-state index is -5.59. The van der Waals surface area contributed by atoms with Gasteiger partial charge in [-0.2, -0.15) is 13.2 Å². The number of para-hydroxylation sites is 1. The first-order valence-electron chi connectivity index (χ1n) is 5.51. The van der Waals surface area contributed by atoms with Gasteiger partial charge in [-0.15, -0.1) is 0 Å². The van der Waals surface area contributed by atoms with Crippen LogP contribution in [0.4, 0.5) is 18.9 Å². The summed E-state index contributed by atoms with van der Waals surface area (Å²) in [6, 6.07) is 3.01. The molecule has 1 N–H and O–H groups in total. The van der Waals surface area contributed by atoms with Crippen molar-refractivity contribution in [2.24, 2.45) is 0 Å². The Morgan fingerprint density at radius 1 is 1.35 bits per heavy atom. The van der Waals surface area contributed by atoms with Gasteiger partial charge < -0.3 is 5.32 Å². The van der Waals surface area contributed by atoms with E-state index in [9.17, 15) is 26.4 Å². The van der Waals surface area contributed by atoms with Crippen molar-refractivity contribution < 1.29 is 26.4 Å². The molecule has 0 unspecified atom stereocenters. The van der Waals surface area contributed by atoms with Crippen LogP contribution in [-0.2, 0) is 14.6 Å². The molecule has 0 aliphatic rings. The van der Waals surface area contributed by atoms with Crippen LogP contribution in [0.5, 0.6) is 0 Å². The van der Waals surface area contributed by atoms with Gasteiger partial charge in [-0.3, -0.25) is 4.79 Å². The van der Waals surface area contributed by atoms with E-state index in [2.05, 4.69) is 5.32 Å². The summed E-state index contributed by atoms with van der Waals surface area (Å²) in [6.07, 6.45) is 0.494. The average Bonchev–Trinajstić information content (AvgIpc) is 2.30. The Morgan fingerprint density at radius 3 is 2.45 bits per heavy atom. The average molecular weight is 330 g/mol. The van der Waals surface area contributed by atoms with Gasteiger partial charge >= 0.3 is 5.51 Å². The van der Waals surface area contributed by atoms with Crippen LogP contribution in [0, 0.1) is 0 Å². The third kappa shape index (κ3) is 3.43. The molecule has 0 bridgehead atoms. The number of anilines is 1. The monoisotopic (exact) mass is 329 g/mol. The molecule has 0 spiro atoms. The van der Waals surface area contributed by atoms with E-state index in [1.165, 1.54) is 6.07 Å². The van der Waals surface area contributed by atoms with E-state index in [1.54, 1.807) is 6.92 Å². The number of hydrogen-bond acceptors (Lipinski definition) is 3. The maximum atomic E-state index is 12.6.